The van der Waals surface area contributed by atoms with Crippen LogP contribution in [-0.4, -0.2) is 0 Å². The van der Waals surface area contributed by atoms with Gasteiger partial charge < -0.3 is 1.43 Å². The molecule has 2 aliphatic rings. The van der Waals surface area contributed by atoms with Crippen molar-refractivity contribution in [2.24, 2.45) is 0 Å². The second kappa shape index (κ2) is 6.20. The second-order valence-corrected chi connectivity index (χ2v) is 4.39. The molecule has 0 nitrogen and oxygen atoms in total. The second-order valence-electron chi connectivity index (χ2n) is 4.39. The van der Waals surface area contributed by atoms with Crippen molar-refractivity contribution < 1.29 is 27.6 Å². The van der Waals surface area contributed by atoms with Gasteiger partial charge in [-0.2, -0.15) is 0 Å². The molecule has 0 heterocycles. The zero-order chi connectivity index (χ0) is 11.5. The van der Waals surface area contributed by atoms with Gasteiger partial charge in [-0.25, -0.2) is 0 Å². The molecule has 1 heteroatoms. The third-order valence-electron chi connectivity index (χ3n) is 3.25. The molecule has 90 valence electrons. The predicted octanol–water partition coefficient (Wildman–Crippen LogP) is 4.49. The minimum Gasteiger partial charge on any atom is -1.00 e. The molecule has 0 bridgehead atoms. The van der Waals surface area contributed by atoms with Crippen molar-refractivity contribution in [3.05, 3.63) is 89.4 Å². The van der Waals surface area contributed by atoms with E-state index in [9.17, 15) is 0 Å². The van der Waals surface area contributed by atoms with Gasteiger partial charge in [0.05, 0.1) is 0 Å². The molecule has 3 rings (SSSR count). The van der Waals surface area contributed by atoms with Crippen molar-refractivity contribution in [2.45, 2.75) is 12.8 Å². The van der Waals surface area contributed by atoms with Gasteiger partial charge in [0.2, 0.25) is 0 Å². The summed E-state index contributed by atoms with van der Waals surface area (Å²) in [6.07, 6.45) is 15.3. The molecule has 0 fully saturated rings. The Labute approximate surface area is 129 Å². The van der Waals surface area contributed by atoms with E-state index in [0.29, 0.717) is 0 Å². The van der Waals surface area contributed by atoms with E-state index in [1.54, 1.807) is 0 Å². The van der Waals surface area contributed by atoms with Crippen LogP contribution in [-0.2, 0) is 26.2 Å². The molecule has 0 amide bonds. The van der Waals surface area contributed by atoms with Gasteiger partial charge in [-0.05, 0) is 12.8 Å². The monoisotopic (exact) mass is 310 g/mol. The zero-order valence-electron chi connectivity index (χ0n) is 11.3. The van der Waals surface area contributed by atoms with Crippen LogP contribution in [0.5, 0.6) is 0 Å². The maximum absolute atomic E-state index is 2.24. The van der Waals surface area contributed by atoms with Crippen LogP contribution in [0.15, 0.2) is 77.9 Å². The number of allylic oxidation sites excluding steroid dienone is 8. The van der Waals surface area contributed by atoms with E-state index in [-0.39, 0.29) is 27.6 Å². The number of rotatable bonds is 3. The summed E-state index contributed by atoms with van der Waals surface area (Å²) in [4.78, 5) is 0. The molecule has 18 heavy (non-hydrogen) atoms. The van der Waals surface area contributed by atoms with Crippen LogP contribution in [0, 0.1) is 5.92 Å². The normalized spacial score (nSPS) is 16.2. The number of benzene rings is 1. The van der Waals surface area contributed by atoms with Crippen molar-refractivity contribution >= 4 is 0 Å². The Bertz CT molecular complexity index is 493. The summed E-state index contributed by atoms with van der Waals surface area (Å²) in [7, 11) is 0. The maximum Gasteiger partial charge on any atom is 0 e. The Morgan fingerprint density at radius 1 is 0.833 bits per heavy atom. The average Bonchev–Trinajstić information content (AvgIpc) is 3.04. The van der Waals surface area contributed by atoms with E-state index < -0.39 is 0 Å². The van der Waals surface area contributed by atoms with Gasteiger partial charge >= 0.3 is 0 Å². The van der Waals surface area contributed by atoms with Gasteiger partial charge in [0.1, 0.15) is 0 Å². The first-order valence-corrected chi connectivity index (χ1v) is 6.09. The molecule has 0 saturated heterocycles. The molecule has 0 aliphatic heterocycles. The summed E-state index contributed by atoms with van der Waals surface area (Å²) in [5.41, 5.74) is 4.20. The largest absolute Gasteiger partial charge is 1.00 e. The maximum atomic E-state index is 2.24. The molecule has 0 aromatic heterocycles. The van der Waals surface area contributed by atoms with Crippen LogP contribution in [0.25, 0.3) is 0 Å². The average molecular weight is 312 g/mol. The Kier molecular flexibility index (Phi) is 4.61. The Morgan fingerprint density at radius 2 is 1.39 bits per heavy atom. The SMILES string of the molecule is C1=CCC([C-](C2=CC=CC2)c2ccccc2)=C1.[H-].[Zr]. The first-order chi connectivity index (χ1) is 8.45. The van der Waals surface area contributed by atoms with Crippen LogP contribution in [0.1, 0.15) is 19.8 Å². The molecule has 0 unspecified atom stereocenters. The minimum absolute atomic E-state index is 0. The first-order valence-electron chi connectivity index (χ1n) is 6.09. The summed E-state index contributed by atoms with van der Waals surface area (Å²) in [5, 5.41) is 0. The van der Waals surface area contributed by atoms with Crippen molar-refractivity contribution in [1.82, 2.24) is 0 Å². The fraction of sp³-hybridized carbons (Fsp3) is 0.118. The summed E-state index contributed by atoms with van der Waals surface area (Å²) >= 11 is 0. The van der Waals surface area contributed by atoms with E-state index in [0.717, 1.165) is 12.8 Å². The standard InChI is InChI=1S/C17H15.Zr.H/c1-2-8-14(9-3-1)17(15-10-4-5-11-15)16-12-6-7-13-16;;/h1-10,12H,11,13H2;;/q-1;;-1. The fourth-order valence-electron chi connectivity index (χ4n) is 2.45. The molecule has 0 spiro atoms. The Hall–Kier alpha value is -1.07. The molecule has 2 aliphatic carbocycles. The molecule has 0 saturated carbocycles. The first kappa shape index (κ1) is 13.4. The Balaban J connectivity index is 0.000000902. The van der Waals surface area contributed by atoms with E-state index in [4.69, 9.17) is 0 Å². The summed E-state index contributed by atoms with van der Waals surface area (Å²) in [6.45, 7) is 0. The third kappa shape index (κ3) is 2.67. The van der Waals surface area contributed by atoms with Crippen molar-refractivity contribution in [1.29, 1.82) is 0 Å². The van der Waals surface area contributed by atoms with Crippen LogP contribution >= 0.6 is 0 Å². The van der Waals surface area contributed by atoms with Crippen molar-refractivity contribution in [3.63, 3.8) is 0 Å². The van der Waals surface area contributed by atoms with Gasteiger partial charge in [-0.1, -0.05) is 48.4 Å². The van der Waals surface area contributed by atoms with Crippen LogP contribution in [0.4, 0.5) is 0 Å². The van der Waals surface area contributed by atoms with Crippen LogP contribution in [0.3, 0.4) is 0 Å². The third-order valence-corrected chi connectivity index (χ3v) is 3.25. The van der Waals surface area contributed by atoms with Gasteiger partial charge in [0.15, 0.2) is 0 Å². The van der Waals surface area contributed by atoms with Crippen molar-refractivity contribution in [3.8, 4) is 0 Å². The van der Waals surface area contributed by atoms with Crippen LogP contribution < -0.4 is 0 Å². The van der Waals surface area contributed by atoms with E-state index in [2.05, 4.69) is 66.8 Å². The fourth-order valence-corrected chi connectivity index (χ4v) is 2.45. The van der Waals surface area contributed by atoms with Gasteiger partial charge in [-0.15, -0.1) is 41.0 Å². The van der Waals surface area contributed by atoms with Gasteiger partial charge in [0, 0.05) is 26.2 Å². The van der Waals surface area contributed by atoms with Gasteiger partial charge in [-0.3, -0.25) is 0 Å². The minimum atomic E-state index is 0. The predicted molar refractivity (Wildman–Crippen MR) is 73.6 cm³/mol. The molecular formula is C17H16Zr-2. The molecular weight excluding hydrogens is 295 g/mol. The van der Waals surface area contributed by atoms with Crippen LogP contribution in [0.2, 0.25) is 0 Å². The molecule has 0 N–H and O–H groups in total. The Morgan fingerprint density at radius 3 is 1.83 bits per heavy atom. The molecule has 1 aromatic rings. The van der Waals surface area contributed by atoms with E-state index in [1.807, 2.05) is 0 Å². The zero-order valence-corrected chi connectivity index (χ0v) is 12.7. The summed E-state index contributed by atoms with van der Waals surface area (Å²) in [6, 6.07) is 10.7. The number of hydrogen-bond acceptors (Lipinski definition) is 0. The van der Waals surface area contributed by atoms with Gasteiger partial charge in [0.25, 0.3) is 0 Å². The molecule has 0 radical (unpaired) electrons. The summed E-state index contributed by atoms with van der Waals surface area (Å²) < 4.78 is 0. The number of hydrogen-bond donors (Lipinski definition) is 0. The van der Waals surface area contributed by atoms with E-state index in [1.165, 1.54) is 22.6 Å². The quantitative estimate of drug-likeness (QED) is 0.721. The molecule has 0 atom stereocenters. The smallest absolute Gasteiger partial charge is 0 e. The van der Waals surface area contributed by atoms with Crippen molar-refractivity contribution in [2.75, 3.05) is 0 Å². The van der Waals surface area contributed by atoms with E-state index >= 15 is 0 Å². The topological polar surface area (TPSA) is 0 Å². The summed E-state index contributed by atoms with van der Waals surface area (Å²) in [5.74, 6) is 1.42. The molecule has 1 aromatic carbocycles.